The van der Waals surface area contributed by atoms with Crippen LogP contribution >= 0.6 is 24.0 Å². The van der Waals surface area contributed by atoms with Crippen molar-refractivity contribution in [2.45, 2.75) is 32.2 Å². The number of hydrogen-bond acceptors (Lipinski definition) is 3. The highest BCUT2D eigenvalue weighted by Gasteiger charge is 2.22. The third-order valence-electron chi connectivity index (χ3n) is 4.85. The highest BCUT2D eigenvalue weighted by molar-refractivity contribution is 14.0. The Hall–Kier alpha value is -1.02. The first-order valence-electron chi connectivity index (χ1n) is 8.76. The number of piperidine rings is 1. The summed E-state index contributed by atoms with van der Waals surface area (Å²) < 4.78 is 5.69. The van der Waals surface area contributed by atoms with Gasteiger partial charge in [0.25, 0.3) is 0 Å². The van der Waals surface area contributed by atoms with E-state index in [4.69, 9.17) is 10.5 Å². The average molecular weight is 444 g/mol. The second-order valence-electron chi connectivity index (χ2n) is 6.50. The number of ether oxygens (including phenoxy) is 1. The first kappa shape index (κ1) is 19.3. The quantitative estimate of drug-likeness (QED) is 0.426. The number of nitrogens with two attached hydrogens (primary N) is 1. The second kappa shape index (κ2) is 9.46. The largest absolute Gasteiger partial charge is 0.493 e. The third-order valence-corrected chi connectivity index (χ3v) is 4.85. The molecule has 2 heterocycles. The SMILES string of the molecule is CCN1CCCC(CN=C(N)NC2CCOc3ccccc32)C1.I. The van der Waals surface area contributed by atoms with E-state index in [0.29, 0.717) is 11.9 Å². The van der Waals surface area contributed by atoms with Crippen molar-refractivity contribution in [1.82, 2.24) is 10.2 Å². The van der Waals surface area contributed by atoms with E-state index in [9.17, 15) is 0 Å². The van der Waals surface area contributed by atoms with E-state index < -0.39 is 0 Å². The van der Waals surface area contributed by atoms with Crippen LogP contribution in [0.5, 0.6) is 5.75 Å². The van der Waals surface area contributed by atoms with Crippen molar-refractivity contribution in [1.29, 1.82) is 0 Å². The van der Waals surface area contributed by atoms with Gasteiger partial charge in [-0.3, -0.25) is 4.99 Å². The first-order chi connectivity index (χ1) is 11.3. The van der Waals surface area contributed by atoms with Crippen LogP contribution in [0.1, 0.15) is 37.8 Å². The maximum atomic E-state index is 6.13. The summed E-state index contributed by atoms with van der Waals surface area (Å²) in [5.74, 6) is 2.14. The molecule has 24 heavy (non-hydrogen) atoms. The molecule has 2 atom stereocenters. The van der Waals surface area contributed by atoms with Gasteiger partial charge in [-0.25, -0.2) is 0 Å². The summed E-state index contributed by atoms with van der Waals surface area (Å²) in [5, 5.41) is 3.37. The summed E-state index contributed by atoms with van der Waals surface area (Å²) in [7, 11) is 0. The Morgan fingerprint density at radius 1 is 1.38 bits per heavy atom. The summed E-state index contributed by atoms with van der Waals surface area (Å²) in [6, 6.07) is 8.34. The molecule has 0 radical (unpaired) electrons. The monoisotopic (exact) mass is 444 g/mol. The molecule has 134 valence electrons. The Labute approximate surface area is 162 Å². The molecule has 0 spiro atoms. The summed E-state index contributed by atoms with van der Waals surface area (Å²) >= 11 is 0. The van der Waals surface area contributed by atoms with Crippen LogP contribution in [0.25, 0.3) is 0 Å². The number of halogens is 1. The Kier molecular flexibility index (Phi) is 7.61. The van der Waals surface area contributed by atoms with E-state index in [1.807, 2.05) is 18.2 Å². The van der Waals surface area contributed by atoms with Crippen LogP contribution in [-0.4, -0.2) is 43.6 Å². The van der Waals surface area contributed by atoms with Crippen LogP contribution < -0.4 is 15.8 Å². The molecule has 1 saturated heterocycles. The van der Waals surface area contributed by atoms with Gasteiger partial charge in [0.2, 0.25) is 0 Å². The van der Waals surface area contributed by atoms with Crippen LogP contribution in [0.15, 0.2) is 29.3 Å². The number of benzene rings is 1. The Morgan fingerprint density at radius 3 is 3.04 bits per heavy atom. The molecular weight excluding hydrogens is 415 g/mol. The highest BCUT2D eigenvalue weighted by Crippen LogP contribution is 2.31. The van der Waals surface area contributed by atoms with E-state index >= 15 is 0 Å². The fourth-order valence-corrected chi connectivity index (χ4v) is 3.53. The zero-order chi connectivity index (χ0) is 16.1. The zero-order valence-corrected chi connectivity index (χ0v) is 16.7. The molecule has 2 unspecified atom stereocenters. The summed E-state index contributed by atoms with van der Waals surface area (Å²) in [6.07, 6.45) is 3.45. The number of hydrogen-bond donors (Lipinski definition) is 2. The van der Waals surface area contributed by atoms with Gasteiger partial charge in [0.15, 0.2) is 5.96 Å². The summed E-state index contributed by atoms with van der Waals surface area (Å²) in [4.78, 5) is 7.10. The topological polar surface area (TPSA) is 62.9 Å². The molecular formula is C18H29IN4O. The Balaban J connectivity index is 0.00000208. The number of fused-ring (bicyclic) bond motifs is 1. The molecule has 1 aromatic rings. The summed E-state index contributed by atoms with van der Waals surface area (Å²) in [6.45, 7) is 7.27. The van der Waals surface area contributed by atoms with Gasteiger partial charge in [0, 0.05) is 25.1 Å². The zero-order valence-electron chi connectivity index (χ0n) is 14.4. The fourth-order valence-electron chi connectivity index (χ4n) is 3.53. The minimum absolute atomic E-state index is 0. The molecule has 1 fully saturated rings. The highest BCUT2D eigenvalue weighted by atomic mass is 127. The molecule has 0 amide bonds. The normalized spacial score (nSPS) is 24.5. The lowest BCUT2D eigenvalue weighted by Gasteiger charge is -2.31. The van der Waals surface area contributed by atoms with Crippen molar-refractivity contribution >= 4 is 29.9 Å². The minimum atomic E-state index is 0. The molecule has 0 bridgehead atoms. The van der Waals surface area contributed by atoms with Crippen LogP contribution in [0.3, 0.4) is 0 Å². The molecule has 0 aliphatic carbocycles. The van der Waals surface area contributed by atoms with Gasteiger partial charge < -0.3 is 20.7 Å². The molecule has 1 aromatic carbocycles. The maximum Gasteiger partial charge on any atom is 0.189 e. The fraction of sp³-hybridized carbons (Fsp3) is 0.611. The lowest BCUT2D eigenvalue weighted by Crippen LogP contribution is -2.39. The van der Waals surface area contributed by atoms with Gasteiger partial charge in [-0.05, 0) is 37.9 Å². The Bertz CT molecular complexity index is 552. The molecule has 2 aliphatic rings. The second-order valence-corrected chi connectivity index (χ2v) is 6.50. The lowest BCUT2D eigenvalue weighted by molar-refractivity contribution is 0.186. The number of aliphatic imine (C=N–C) groups is 1. The lowest BCUT2D eigenvalue weighted by atomic mass is 9.98. The van der Waals surface area contributed by atoms with Crippen LogP contribution in [0, 0.1) is 5.92 Å². The van der Waals surface area contributed by atoms with E-state index in [2.05, 4.69) is 28.2 Å². The van der Waals surface area contributed by atoms with Gasteiger partial charge in [-0.2, -0.15) is 0 Å². The van der Waals surface area contributed by atoms with Gasteiger partial charge in [-0.1, -0.05) is 25.1 Å². The van der Waals surface area contributed by atoms with E-state index in [-0.39, 0.29) is 30.0 Å². The first-order valence-corrected chi connectivity index (χ1v) is 8.76. The van der Waals surface area contributed by atoms with Gasteiger partial charge >= 0.3 is 0 Å². The van der Waals surface area contributed by atoms with Gasteiger partial charge in [0.05, 0.1) is 12.6 Å². The number of likely N-dealkylation sites (tertiary alicyclic amines) is 1. The molecule has 3 rings (SSSR count). The van der Waals surface area contributed by atoms with Crippen molar-refractivity contribution in [3.8, 4) is 5.75 Å². The maximum absolute atomic E-state index is 6.13. The van der Waals surface area contributed by atoms with E-state index in [1.165, 1.54) is 24.9 Å². The number of guanidine groups is 1. The van der Waals surface area contributed by atoms with Crippen LogP contribution in [-0.2, 0) is 0 Å². The number of rotatable bonds is 4. The van der Waals surface area contributed by atoms with E-state index in [0.717, 1.165) is 38.4 Å². The molecule has 3 N–H and O–H groups in total. The van der Waals surface area contributed by atoms with Crippen LogP contribution in [0.2, 0.25) is 0 Å². The number of nitrogens with zero attached hydrogens (tertiary/aromatic N) is 2. The molecule has 0 saturated carbocycles. The third kappa shape index (κ3) is 4.99. The van der Waals surface area contributed by atoms with Crippen molar-refractivity contribution in [2.24, 2.45) is 16.6 Å². The molecule has 6 heteroatoms. The van der Waals surface area contributed by atoms with E-state index in [1.54, 1.807) is 0 Å². The smallest absolute Gasteiger partial charge is 0.189 e. The number of nitrogens with one attached hydrogen (secondary N) is 1. The molecule has 2 aliphatic heterocycles. The van der Waals surface area contributed by atoms with Crippen molar-refractivity contribution in [3.63, 3.8) is 0 Å². The minimum Gasteiger partial charge on any atom is -0.493 e. The average Bonchev–Trinajstić information content (AvgIpc) is 2.60. The standard InChI is InChI=1S/C18H28N4O.HI/c1-2-22-10-5-6-14(13-22)12-20-18(19)21-16-9-11-23-17-8-4-3-7-15(16)17;/h3-4,7-8,14,16H,2,5-6,9-13H2,1H3,(H3,19,20,21);1H. The van der Waals surface area contributed by atoms with Crippen LogP contribution in [0.4, 0.5) is 0 Å². The number of para-hydroxylation sites is 1. The summed E-state index contributed by atoms with van der Waals surface area (Å²) in [5.41, 5.74) is 7.30. The van der Waals surface area contributed by atoms with Crippen molar-refractivity contribution in [3.05, 3.63) is 29.8 Å². The predicted octanol–water partition coefficient (Wildman–Crippen LogP) is 2.76. The molecule has 5 nitrogen and oxygen atoms in total. The Morgan fingerprint density at radius 2 is 2.21 bits per heavy atom. The van der Waals surface area contributed by atoms with Gasteiger partial charge in [-0.15, -0.1) is 24.0 Å². The van der Waals surface area contributed by atoms with Gasteiger partial charge in [0.1, 0.15) is 5.75 Å². The van der Waals surface area contributed by atoms with Crippen molar-refractivity contribution in [2.75, 3.05) is 32.8 Å². The van der Waals surface area contributed by atoms with Crippen molar-refractivity contribution < 1.29 is 4.74 Å². The predicted molar refractivity (Wildman–Crippen MR) is 109 cm³/mol. The molecule has 0 aromatic heterocycles.